The number of hydrogen-bond acceptors (Lipinski definition) is 2. The highest BCUT2D eigenvalue weighted by Gasteiger charge is 2.27. The van der Waals surface area contributed by atoms with Crippen LogP contribution in [0, 0.1) is 6.33 Å². The van der Waals surface area contributed by atoms with Gasteiger partial charge >= 0.3 is 0 Å². The molecule has 344 valence electrons. The Morgan fingerprint density at radius 3 is 1.74 bits per heavy atom. The van der Waals surface area contributed by atoms with Crippen LogP contribution in [0.25, 0.3) is 50.1 Å². The SMILES string of the molecule is CC(C)(C)c1ccnc(-n2c3ccc(C(C)(C)C)cc3c3ccc(Oc4cc(-n5[c-][n+](-c6cc(-c7ccccc7)cc(C(C)(C)c7ccccc7)c6)cc5)cc(C(C)(C)c5ccccc5)c4)cc32)c1. The Bertz CT molecular complexity index is 3470. The second-order valence-electron chi connectivity index (χ2n) is 21.7. The molecule has 10 rings (SSSR count). The number of imidazole rings is 1. The van der Waals surface area contributed by atoms with Crippen molar-refractivity contribution in [3.05, 3.63) is 234 Å². The molecule has 5 nitrogen and oxygen atoms in total. The van der Waals surface area contributed by atoms with Crippen molar-refractivity contribution < 1.29 is 9.30 Å². The lowest BCUT2D eigenvalue weighted by atomic mass is 9.77. The summed E-state index contributed by atoms with van der Waals surface area (Å²) in [5.74, 6) is 2.37. The molecule has 0 amide bonds. The third-order valence-corrected chi connectivity index (χ3v) is 14.2. The minimum absolute atomic E-state index is 0.00282. The first-order chi connectivity index (χ1) is 32.9. The van der Waals surface area contributed by atoms with E-state index in [1.165, 1.54) is 38.8 Å². The molecule has 0 saturated heterocycles. The zero-order chi connectivity index (χ0) is 48.3. The van der Waals surface area contributed by atoms with E-state index in [9.17, 15) is 0 Å². The quantitative estimate of drug-likeness (QED) is 0.101. The topological polar surface area (TPSA) is 35.9 Å². The summed E-state index contributed by atoms with van der Waals surface area (Å²) in [6, 6.07) is 63.3. The first kappa shape index (κ1) is 45.3. The maximum absolute atomic E-state index is 7.05. The number of nitrogens with zero attached hydrogens (tertiary/aromatic N) is 4. The standard InChI is InChI=1S/C64H62N4O/c1-61(2,3)48-26-29-58-57(39-48)56-28-27-54(42-59(56)68(58)60-40-49(30-31-65-60)62(4,5)6)69-55-38-51(64(9,10)47-24-18-13-19-25-47)37-53(41-55)67-33-32-66(43-67)52-35-45(44-20-14-11-15-21-44)34-50(36-52)63(7,8)46-22-16-12-17-23-46/h11-42H,1-10H3. The molecule has 0 bridgehead atoms. The average molecular weight is 903 g/mol. The molecule has 69 heavy (non-hydrogen) atoms. The highest BCUT2D eigenvalue weighted by Crippen LogP contribution is 2.41. The van der Waals surface area contributed by atoms with Crippen molar-refractivity contribution in [3.63, 3.8) is 0 Å². The molecule has 0 fully saturated rings. The van der Waals surface area contributed by atoms with Crippen molar-refractivity contribution >= 4 is 21.8 Å². The molecule has 10 aromatic rings. The summed E-state index contributed by atoms with van der Waals surface area (Å²) in [7, 11) is 0. The molecule has 3 aromatic heterocycles. The van der Waals surface area contributed by atoms with Crippen molar-refractivity contribution in [1.82, 2.24) is 14.1 Å². The van der Waals surface area contributed by atoms with E-state index in [0.717, 1.165) is 56.2 Å². The lowest BCUT2D eigenvalue weighted by Crippen LogP contribution is -2.29. The Morgan fingerprint density at radius 1 is 0.464 bits per heavy atom. The van der Waals surface area contributed by atoms with Crippen LogP contribution in [0.4, 0.5) is 0 Å². The van der Waals surface area contributed by atoms with Gasteiger partial charge in [-0.3, -0.25) is 13.7 Å². The fourth-order valence-corrected chi connectivity index (χ4v) is 9.62. The summed E-state index contributed by atoms with van der Waals surface area (Å²) in [4.78, 5) is 4.98. The van der Waals surface area contributed by atoms with E-state index >= 15 is 0 Å². The van der Waals surface area contributed by atoms with Gasteiger partial charge in [0.2, 0.25) is 0 Å². The van der Waals surface area contributed by atoms with Gasteiger partial charge in [0.25, 0.3) is 6.33 Å². The van der Waals surface area contributed by atoms with Gasteiger partial charge in [-0.15, -0.1) is 0 Å². The van der Waals surface area contributed by atoms with Gasteiger partial charge in [-0.25, -0.2) is 4.98 Å². The number of rotatable bonds is 10. The zero-order valence-electron chi connectivity index (χ0n) is 41.7. The Balaban J connectivity index is 1.10. The van der Waals surface area contributed by atoms with Crippen molar-refractivity contribution in [1.29, 1.82) is 0 Å². The lowest BCUT2D eigenvalue weighted by molar-refractivity contribution is -0.599. The first-order valence-electron chi connectivity index (χ1n) is 24.2. The minimum atomic E-state index is -0.342. The van der Waals surface area contributed by atoms with E-state index in [1.807, 2.05) is 6.20 Å². The second kappa shape index (κ2) is 17.2. The number of aromatic nitrogens is 4. The van der Waals surface area contributed by atoms with Crippen molar-refractivity contribution in [3.8, 4) is 39.8 Å². The number of hydrogen-bond donors (Lipinski definition) is 0. The van der Waals surface area contributed by atoms with E-state index in [-0.39, 0.29) is 21.7 Å². The fraction of sp³-hybridized carbons (Fsp3) is 0.219. The molecule has 3 heterocycles. The summed E-state index contributed by atoms with van der Waals surface area (Å²) >= 11 is 0. The van der Waals surface area contributed by atoms with Crippen LogP contribution in [0.15, 0.2) is 195 Å². The van der Waals surface area contributed by atoms with Crippen LogP contribution in [0.3, 0.4) is 0 Å². The van der Waals surface area contributed by atoms with Crippen LogP contribution < -0.4 is 9.30 Å². The molecule has 7 aromatic carbocycles. The maximum atomic E-state index is 7.05. The van der Waals surface area contributed by atoms with Crippen molar-refractivity contribution in [2.24, 2.45) is 0 Å². The van der Waals surface area contributed by atoms with Crippen LogP contribution in [-0.2, 0) is 21.7 Å². The van der Waals surface area contributed by atoms with Crippen molar-refractivity contribution in [2.75, 3.05) is 0 Å². The summed E-state index contributed by atoms with van der Waals surface area (Å²) in [6.45, 7) is 22.7. The Hall–Kier alpha value is -7.50. The third-order valence-electron chi connectivity index (χ3n) is 14.2. The van der Waals surface area contributed by atoms with Crippen LogP contribution in [-0.4, -0.2) is 14.1 Å². The number of ether oxygens (including phenoxy) is 1. The summed E-state index contributed by atoms with van der Waals surface area (Å²) < 4.78 is 13.5. The molecule has 0 N–H and O–H groups in total. The molecule has 0 atom stereocenters. The first-order valence-corrected chi connectivity index (χ1v) is 24.2. The van der Waals surface area contributed by atoms with E-state index in [1.54, 1.807) is 0 Å². The van der Waals surface area contributed by atoms with Gasteiger partial charge in [0.15, 0.2) is 0 Å². The molecular weight excluding hydrogens is 841 g/mol. The molecule has 0 saturated carbocycles. The monoisotopic (exact) mass is 902 g/mol. The zero-order valence-corrected chi connectivity index (χ0v) is 41.7. The number of benzene rings is 7. The molecule has 5 heteroatoms. The van der Waals surface area contributed by atoms with Crippen LogP contribution in [0.1, 0.15) is 103 Å². The largest absolute Gasteiger partial charge is 0.458 e. The van der Waals surface area contributed by atoms with Gasteiger partial charge < -0.3 is 4.74 Å². The number of fused-ring (bicyclic) bond motifs is 3. The molecule has 0 unspecified atom stereocenters. The Morgan fingerprint density at radius 2 is 1.09 bits per heavy atom. The van der Waals surface area contributed by atoms with Crippen molar-refractivity contribution in [2.45, 2.75) is 90.9 Å². The van der Waals surface area contributed by atoms with E-state index in [4.69, 9.17) is 9.72 Å². The third kappa shape index (κ3) is 8.79. The fourth-order valence-electron chi connectivity index (χ4n) is 9.62. The molecule has 0 aliphatic heterocycles. The highest BCUT2D eigenvalue weighted by atomic mass is 16.5. The average Bonchev–Trinajstić information content (AvgIpc) is 3.98. The predicted octanol–water partition coefficient (Wildman–Crippen LogP) is 15.8. The van der Waals surface area contributed by atoms with Gasteiger partial charge in [0.05, 0.1) is 22.4 Å². The molecule has 0 radical (unpaired) electrons. The van der Waals surface area contributed by atoms with Gasteiger partial charge in [-0.2, -0.15) is 0 Å². The number of pyridine rings is 1. The van der Waals surface area contributed by atoms with Crippen LogP contribution in [0.2, 0.25) is 0 Å². The Kier molecular flexibility index (Phi) is 11.3. The summed E-state index contributed by atoms with van der Waals surface area (Å²) in [6.07, 6.45) is 9.84. The molecule has 0 aliphatic carbocycles. The molecule has 0 aliphatic rings. The van der Waals surface area contributed by atoms with Gasteiger partial charge in [-0.1, -0.05) is 172 Å². The lowest BCUT2D eigenvalue weighted by Gasteiger charge is -2.28. The second-order valence-corrected chi connectivity index (χ2v) is 21.7. The summed E-state index contributed by atoms with van der Waals surface area (Å²) in [5, 5.41) is 2.35. The van der Waals surface area contributed by atoms with E-state index < -0.39 is 0 Å². The highest BCUT2D eigenvalue weighted by molar-refractivity contribution is 6.09. The predicted molar refractivity (Wildman–Crippen MR) is 285 cm³/mol. The Labute approximate surface area is 408 Å². The van der Waals surface area contributed by atoms with E-state index in [0.29, 0.717) is 0 Å². The normalized spacial score (nSPS) is 12.5. The molecule has 0 spiro atoms. The smallest absolute Gasteiger partial charge is 0.268 e. The molecular formula is C64H62N4O. The van der Waals surface area contributed by atoms with Crippen LogP contribution in [0.5, 0.6) is 11.5 Å². The van der Waals surface area contributed by atoms with Gasteiger partial charge in [0, 0.05) is 46.3 Å². The van der Waals surface area contributed by atoms with Gasteiger partial charge in [0.1, 0.15) is 17.3 Å². The maximum Gasteiger partial charge on any atom is 0.268 e. The van der Waals surface area contributed by atoms with Gasteiger partial charge in [-0.05, 0) is 122 Å². The minimum Gasteiger partial charge on any atom is -0.458 e. The van der Waals surface area contributed by atoms with E-state index in [2.05, 4.69) is 278 Å². The van der Waals surface area contributed by atoms with Crippen LogP contribution >= 0.6 is 0 Å². The summed E-state index contributed by atoms with van der Waals surface area (Å²) in [5.41, 5.74) is 13.2.